The number of carbonyl (C=O) groups is 1. The summed E-state index contributed by atoms with van der Waals surface area (Å²) in [6.45, 7) is 2.18. The number of carbonyl (C=O) groups excluding carboxylic acids is 1. The summed E-state index contributed by atoms with van der Waals surface area (Å²) in [4.78, 5) is 12.8. The third-order valence-electron chi connectivity index (χ3n) is 4.16. The van der Waals surface area contributed by atoms with Crippen molar-refractivity contribution in [2.75, 3.05) is 19.1 Å². The zero-order chi connectivity index (χ0) is 20.6. The summed E-state index contributed by atoms with van der Waals surface area (Å²) in [7, 11) is -2.21. The van der Waals surface area contributed by atoms with E-state index in [-0.39, 0.29) is 17.3 Å². The lowest BCUT2D eigenvalue weighted by atomic mass is 10.2. The Balaban J connectivity index is 2.08. The van der Waals surface area contributed by atoms with Crippen LogP contribution in [0.3, 0.4) is 0 Å². The number of ether oxygens (including phenoxy) is 1. The van der Waals surface area contributed by atoms with Crippen molar-refractivity contribution in [3.05, 3.63) is 59.7 Å². The molecular formula is C20H26N2O4S2. The fraction of sp³-hybridized carbons (Fsp3) is 0.350. The highest BCUT2D eigenvalue weighted by atomic mass is 32.2. The minimum Gasteiger partial charge on any atom is -0.497 e. The van der Waals surface area contributed by atoms with Crippen LogP contribution in [-0.4, -0.2) is 39.5 Å². The van der Waals surface area contributed by atoms with Crippen LogP contribution in [0.1, 0.15) is 17.5 Å². The SMILES string of the molecule is COc1cccc(CNC(=O)C(CCSC)NS(=O)(=O)c2ccc(C)cc2)c1. The van der Waals surface area contributed by atoms with Crippen LogP contribution < -0.4 is 14.8 Å². The summed E-state index contributed by atoms with van der Waals surface area (Å²) in [5.41, 5.74) is 1.84. The van der Waals surface area contributed by atoms with Crippen molar-refractivity contribution in [3.8, 4) is 5.75 Å². The highest BCUT2D eigenvalue weighted by molar-refractivity contribution is 7.98. The highest BCUT2D eigenvalue weighted by Gasteiger charge is 2.25. The molecule has 0 saturated carbocycles. The Morgan fingerprint density at radius 3 is 2.54 bits per heavy atom. The molecule has 0 bridgehead atoms. The molecule has 0 aromatic heterocycles. The molecule has 1 atom stereocenters. The Kier molecular flexibility index (Phi) is 8.35. The van der Waals surface area contributed by atoms with Crippen LogP contribution in [0, 0.1) is 6.92 Å². The molecule has 0 heterocycles. The molecule has 0 fully saturated rings. The van der Waals surface area contributed by atoms with Crippen LogP contribution in [-0.2, 0) is 21.4 Å². The number of thioether (sulfide) groups is 1. The molecule has 152 valence electrons. The van der Waals surface area contributed by atoms with E-state index >= 15 is 0 Å². The second-order valence-corrected chi connectivity index (χ2v) is 9.04. The van der Waals surface area contributed by atoms with E-state index in [4.69, 9.17) is 4.74 Å². The van der Waals surface area contributed by atoms with E-state index in [1.54, 1.807) is 31.0 Å². The van der Waals surface area contributed by atoms with E-state index in [2.05, 4.69) is 10.0 Å². The van der Waals surface area contributed by atoms with Gasteiger partial charge in [0.05, 0.1) is 12.0 Å². The molecule has 0 spiro atoms. The zero-order valence-corrected chi connectivity index (χ0v) is 17.9. The number of hydrogen-bond acceptors (Lipinski definition) is 5. The molecule has 8 heteroatoms. The fourth-order valence-electron chi connectivity index (χ4n) is 2.55. The number of hydrogen-bond donors (Lipinski definition) is 2. The van der Waals surface area contributed by atoms with Crippen LogP contribution >= 0.6 is 11.8 Å². The summed E-state index contributed by atoms with van der Waals surface area (Å²) in [5.74, 6) is 1.01. The van der Waals surface area contributed by atoms with Crippen molar-refractivity contribution < 1.29 is 17.9 Å². The molecule has 0 aliphatic carbocycles. The largest absolute Gasteiger partial charge is 0.497 e. The first-order valence-electron chi connectivity index (χ1n) is 8.84. The molecule has 1 unspecified atom stereocenters. The van der Waals surface area contributed by atoms with E-state index in [0.29, 0.717) is 17.9 Å². The van der Waals surface area contributed by atoms with E-state index in [1.165, 1.54) is 12.1 Å². The summed E-state index contributed by atoms with van der Waals surface area (Å²) < 4.78 is 33.1. The second kappa shape index (κ2) is 10.5. The molecule has 2 rings (SSSR count). The van der Waals surface area contributed by atoms with Crippen molar-refractivity contribution in [2.45, 2.75) is 30.8 Å². The number of amides is 1. The smallest absolute Gasteiger partial charge is 0.241 e. The Hall–Kier alpha value is -2.03. The lowest BCUT2D eigenvalue weighted by Crippen LogP contribution is -2.46. The lowest BCUT2D eigenvalue weighted by Gasteiger charge is -2.18. The Bertz CT molecular complexity index is 883. The molecule has 2 N–H and O–H groups in total. The van der Waals surface area contributed by atoms with Gasteiger partial charge in [0.25, 0.3) is 0 Å². The number of methoxy groups -OCH3 is 1. The van der Waals surface area contributed by atoms with Crippen molar-refractivity contribution >= 4 is 27.7 Å². The van der Waals surface area contributed by atoms with Gasteiger partial charge in [-0.1, -0.05) is 29.8 Å². The van der Waals surface area contributed by atoms with Crippen molar-refractivity contribution in [2.24, 2.45) is 0 Å². The zero-order valence-electron chi connectivity index (χ0n) is 16.3. The average molecular weight is 423 g/mol. The number of nitrogens with one attached hydrogen (secondary N) is 2. The van der Waals surface area contributed by atoms with Gasteiger partial charge in [0.1, 0.15) is 11.8 Å². The van der Waals surface area contributed by atoms with Crippen molar-refractivity contribution in [1.82, 2.24) is 10.0 Å². The normalized spacial score (nSPS) is 12.4. The Morgan fingerprint density at radius 2 is 1.89 bits per heavy atom. The van der Waals surface area contributed by atoms with Crippen LogP contribution in [0.2, 0.25) is 0 Å². The first-order valence-corrected chi connectivity index (χ1v) is 11.7. The summed E-state index contributed by atoms with van der Waals surface area (Å²) in [6, 6.07) is 13.1. The minimum atomic E-state index is -3.79. The van der Waals surface area contributed by atoms with E-state index < -0.39 is 16.1 Å². The van der Waals surface area contributed by atoms with Crippen LogP contribution in [0.15, 0.2) is 53.4 Å². The Morgan fingerprint density at radius 1 is 1.18 bits per heavy atom. The minimum absolute atomic E-state index is 0.146. The second-order valence-electron chi connectivity index (χ2n) is 6.34. The van der Waals surface area contributed by atoms with Crippen LogP contribution in [0.5, 0.6) is 5.75 Å². The maximum Gasteiger partial charge on any atom is 0.241 e. The van der Waals surface area contributed by atoms with Crippen LogP contribution in [0.4, 0.5) is 0 Å². The predicted octanol–water partition coefficient (Wildman–Crippen LogP) is 2.72. The average Bonchev–Trinajstić information content (AvgIpc) is 2.69. The van der Waals surface area contributed by atoms with Gasteiger partial charge in [-0.3, -0.25) is 4.79 Å². The summed E-state index contributed by atoms with van der Waals surface area (Å²) in [6.07, 6.45) is 2.32. The molecular weight excluding hydrogens is 396 g/mol. The third kappa shape index (κ3) is 6.54. The predicted molar refractivity (Wildman–Crippen MR) is 113 cm³/mol. The van der Waals surface area contributed by atoms with Gasteiger partial charge in [-0.05, 0) is 55.2 Å². The molecule has 0 radical (unpaired) electrons. The van der Waals surface area contributed by atoms with Gasteiger partial charge in [0, 0.05) is 6.54 Å². The summed E-state index contributed by atoms with van der Waals surface area (Å²) in [5, 5.41) is 2.81. The molecule has 0 saturated heterocycles. The van der Waals surface area contributed by atoms with Gasteiger partial charge < -0.3 is 10.1 Å². The quantitative estimate of drug-likeness (QED) is 0.615. The lowest BCUT2D eigenvalue weighted by molar-refractivity contribution is -0.122. The third-order valence-corrected chi connectivity index (χ3v) is 6.29. The molecule has 1 amide bonds. The molecule has 2 aromatic rings. The van der Waals surface area contributed by atoms with Gasteiger partial charge >= 0.3 is 0 Å². The number of rotatable bonds is 10. The van der Waals surface area contributed by atoms with Gasteiger partial charge in [0.15, 0.2) is 0 Å². The number of sulfonamides is 1. The number of aryl methyl sites for hydroxylation is 1. The van der Waals surface area contributed by atoms with E-state index in [9.17, 15) is 13.2 Å². The summed E-state index contributed by atoms with van der Waals surface area (Å²) >= 11 is 1.56. The fourth-order valence-corrected chi connectivity index (χ4v) is 4.25. The number of benzene rings is 2. The molecule has 6 nitrogen and oxygen atoms in total. The molecule has 2 aromatic carbocycles. The molecule has 28 heavy (non-hydrogen) atoms. The molecule has 0 aliphatic rings. The maximum absolute atomic E-state index is 12.7. The van der Waals surface area contributed by atoms with Gasteiger partial charge in [-0.25, -0.2) is 8.42 Å². The van der Waals surface area contributed by atoms with Gasteiger partial charge in [-0.15, -0.1) is 0 Å². The van der Waals surface area contributed by atoms with E-state index in [1.807, 2.05) is 37.4 Å². The molecule has 0 aliphatic heterocycles. The van der Waals surface area contributed by atoms with Gasteiger partial charge in [0.2, 0.25) is 15.9 Å². The topological polar surface area (TPSA) is 84.5 Å². The monoisotopic (exact) mass is 422 g/mol. The first-order chi connectivity index (χ1) is 13.4. The maximum atomic E-state index is 12.7. The first kappa shape index (κ1) is 22.3. The van der Waals surface area contributed by atoms with Crippen molar-refractivity contribution in [1.29, 1.82) is 0 Å². The highest BCUT2D eigenvalue weighted by Crippen LogP contribution is 2.14. The van der Waals surface area contributed by atoms with Crippen LogP contribution in [0.25, 0.3) is 0 Å². The van der Waals surface area contributed by atoms with Gasteiger partial charge in [-0.2, -0.15) is 16.5 Å². The van der Waals surface area contributed by atoms with E-state index in [0.717, 1.165) is 11.1 Å². The standard InChI is InChI=1S/C20H26N2O4S2/c1-15-7-9-18(10-8-15)28(24,25)22-19(11-12-27-3)20(23)21-14-16-5-4-6-17(13-16)26-2/h4-10,13,19,22H,11-12,14H2,1-3H3,(H,21,23). The Labute approximate surface area is 171 Å². The van der Waals surface area contributed by atoms with Crippen molar-refractivity contribution in [3.63, 3.8) is 0 Å².